The Morgan fingerprint density at radius 1 is 1.47 bits per heavy atom. The number of hydrogen-bond donors (Lipinski definition) is 2. The Kier molecular flexibility index (Phi) is 4.66. The smallest absolute Gasteiger partial charge is 0.239 e. The number of carbonyl (C=O) groups is 1. The number of benzene rings is 1. The maximum atomic E-state index is 11.7. The highest BCUT2D eigenvalue weighted by Gasteiger charge is 2.18. The van der Waals surface area contributed by atoms with E-state index < -0.39 is 0 Å². The van der Waals surface area contributed by atoms with Crippen LogP contribution < -0.4 is 15.5 Å². The normalized spacial score (nSPS) is 13.4. The fourth-order valence-corrected chi connectivity index (χ4v) is 2.56. The first-order chi connectivity index (χ1) is 9.26. The Bertz CT molecular complexity index is 445. The van der Waals surface area contributed by atoms with E-state index in [1.807, 2.05) is 0 Å². The molecule has 104 valence electrons. The van der Waals surface area contributed by atoms with Crippen LogP contribution >= 0.6 is 0 Å². The zero-order valence-corrected chi connectivity index (χ0v) is 11.8. The quantitative estimate of drug-likeness (QED) is 0.852. The summed E-state index contributed by atoms with van der Waals surface area (Å²) in [4.78, 5) is 13.8. The summed E-state index contributed by atoms with van der Waals surface area (Å²) in [5.41, 5.74) is 3.73. The lowest BCUT2D eigenvalue weighted by atomic mass is 10.0. The van der Waals surface area contributed by atoms with Crippen molar-refractivity contribution in [2.45, 2.75) is 26.2 Å². The number of anilines is 2. The molecule has 0 spiro atoms. The van der Waals surface area contributed by atoms with Gasteiger partial charge in [-0.1, -0.05) is 19.1 Å². The van der Waals surface area contributed by atoms with Gasteiger partial charge in [0.05, 0.1) is 17.9 Å². The Balaban J connectivity index is 2.27. The van der Waals surface area contributed by atoms with Crippen LogP contribution in [0.15, 0.2) is 18.2 Å². The van der Waals surface area contributed by atoms with Crippen molar-refractivity contribution in [3.63, 3.8) is 0 Å². The maximum absolute atomic E-state index is 11.7. The Labute approximate surface area is 115 Å². The highest BCUT2D eigenvalue weighted by Crippen LogP contribution is 2.32. The van der Waals surface area contributed by atoms with Crippen LogP contribution in [0, 0.1) is 0 Å². The van der Waals surface area contributed by atoms with Crippen molar-refractivity contribution < 1.29 is 4.79 Å². The summed E-state index contributed by atoms with van der Waals surface area (Å²) in [6.45, 7) is 4.47. The molecule has 1 aromatic carbocycles. The molecule has 0 unspecified atom stereocenters. The van der Waals surface area contributed by atoms with E-state index in [2.05, 4.69) is 40.7 Å². The third kappa shape index (κ3) is 3.19. The second-order valence-corrected chi connectivity index (χ2v) is 4.94. The predicted octanol–water partition coefficient (Wildman–Crippen LogP) is 2.01. The van der Waals surface area contributed by atoms with E-state index in [-0.39, 0.29) is 5.91 Å². The Hall–Kier alpha value is -1.71. The van der Waals surface area contributed by atoms with Crippen molar-refractivity contribution in [2.75, 3.05) is 36.9 Å². The zero-order chi connectivity index (χ0) is 13.7. The summed E-state index contributed by atoms with van der Waals surface area (Å²) in [7, 11) is 1.69. The van der Waals surface area contributed by atoms with Crippen LogP contribution in [-0.4, -0.2) is 32.6 Å². The molecule has 1 heterocycles. The van der Waals surface area contributed by atoms with Crippen molar-refractivity contribution in [1.82, 2.24) is 5.32 Å². The predicted molar refractivity (Wildman–Crippen MR) is 79.8 cm³/mol. The van der Waals surface area contributed by atoms with Gasteiger partial charge in [0.2, 0.25) is 5.91 Å². The highest BCUT2D eigenvalue weighted by atomic mass is 16.1. The van der Waals surface area contributed by atoms with E-state index in [1.165, 1.54) is 17.7 Å². The van der Waals surface area contributed by atoms with Gasteiger partial charge in [0, 0.05) is 20.1 Å². The van der Waals surface area contributed by atoms with Gasteiger partial charge < -0.3 is 15.5 Å². The Morgan fingerprint density at radius 2 is 2.32 bits per heavy atom. The first kappa shape index (κ1) is 13.7. The number of likely N-dealkylation sites (N-methyl/N-ethyl adjacent to an activating group) is 1. The van der Waals surface area contributed by atoms with E-state index in [0.717, 1.165) is 31.6 Å². The zero-order valence-electron chi connectivity index (χ0n) is 11.8. The summed E-state index contributed by atoms with van der Waals surface area (Å²) < 4.78 is 0. The molecule has 0 radical (unpaired) electrons. The van der Waals surface area contributed by atoms with Crippen LogP contribution in [-0.2, 0) is 11.2 Å². The molecule has 19 heavy (non-hydrogen) atoms. The van der Waals surface area contributed by atoms with Gasteiger partial charge in [-0.05, 0) is 30.9 Å². The van der Waals surface area contributed by atoms with Crippen LogP contribution in [0.25, 0.3) is 0 Å². The molecule has 0 aliphatic carbocycles. The topological polar surface area (TPSA) is 44.4 Å². The molecule has 1 aliphatic rings. The van der Waals surface area contributed by atoms with Gasteiger partial charge in [-0.3, -0.25) is 4.79 Å². The second kappa shape index (κ2) is 6.45. The molecule has 1 amide bonds. The highest BCUT2D eigenvalue weighted by molar-refractivity contribution is 5.84. The summed E-state index contributed by atoms with van der Waals surface area (Å²) in [6.07, 6.45) is 3.33. The number of rotatable bonds is 5. The lowest BCUT2D eigenvalue weighted by Crippen LogP contribution is -2.36. The summed E-state index contributed by atoms with van der Waals surface area (Å²) >= 11 is 0. The van der Waals surface area contributed by atoms with E-state index in [4.69, 9.17) is 0 Å². The van der Waals surface area contributed by atoms with Gasteiger partial charge in [0.1, 0.15) is 0 Å². The fourth-order valence-electron chi connectivity index (χ4n) is 2.56. The number of aryl methyl sites for hydroxylation is 1. The van der Waals surface area contributed by atoms with E-state index >= 15 is 0 Å². The number of nitrogens with zero attached hydrogens (tertiary/aromatic N) is 1. The van der Waals surface area contributed by atoms with Crippen LogP contribution in [0.2, 0.25) is 0 Å². The van der Waals surface area contributed by atoms with E-state index in [1.54, 1.807) is 7.05 Å². The van der Waals surface area contributed by atoms with Gasteiger partial charge in [0.25, 0.3) is 0 Å². The fraction of sp³-hybridized carbons (Fsp3) is 0.533. The van der Waals surface area contributed by atoms with Crippen molar-refractivity contribution in [3.8, 4) is 0 Å². The number of amides is 1. The number of fused-ring (bicyclic) bond motifs is 1. The second-order valence-electron chi connectivity index (χ2n) is 4.94. The van der Waals surface area contributed by atoms with Crippen LogP contribution in [0.1, 0.15) is 25.3 Å². The van der Waals surface area contributed by atoms with Crippen LogP contribution in [0.5, 0.6) is 0 Å². The van der Waals surface area contributed by atoms with Crippen LogP contribution in [0.4, 0.5) is 11.4 Å². The van der Waals surface area contributed by atoms with Crippen molar-refractivity contribution in [2.24, 2.45) is 0 Å². The van der Waals surface area contributed by atoms with Crippen molar-refractivity contribution >= 4 is 17.3 Å². The summed E-state index contributed by atoms with van der Waals surface area (Å²) in [5.74, 6) is 0.0573. The molecular formula is C15H23N3O. The standard InChI is InChI=1S/C15H23N3O/c1-3-10-18(11-14(19)16-2)13-8-4-6-12-7-5-9-17-15(12)13/h4,6,8,17H,3,5,7,9-11H2,1-2H3,(H,16,19). The van der Waals surface area contributed by atoms with Crippen molar-refractivity contribution in [1.29, 1.82) is 0 Å². The minimum absolute atomic E-state index is 0.0573. The minimum atomic E-state index is 0.0573. The minimum Gasteiger partial charge on any atom is -0.383 e. The van der Waals surface area contributed by atoms with E-state index in [0.29, 0.717) is 6.54 Å². The number of hydrogen-bond acceptors (Lipinski definition) is 3. The number of carbonyl (C=O) groups excluding carboxylic acids is 1. The maximum Gasteiger partial charge on any atom is 0.239 e. The summed E-state index contributed by atoms with van der Waals surface area (Å²) in [6, 6.07) is 6.37. The molecule has 1 aromatic rings. The number of para-hydroxylation sites is 1. The lowest BCUT2D eigenvalue weighted by molar-refractivity contribution is -0.119. The monoisotopic (exact) mass is 261 g/mol. The first-order valence-electron chi connectivity index (χ1n) is 7.07. The first-order valence-corrected chi connectivity index (χ1v) is 7.07. The van der Waals surface area contributed by atoms with Gasteiger partial charge in [-0.2, -0.15) is 0 Å². The van der Waals surface area contributed by atoms with Gasteiger partial charge in [-0.25, -0.2) is 0 Å². The Morgan fingerprint density at radius 3 is 3.05 bits per heavy atom. The third-order valence-corrected chi connectivity index (χ3v) is 3.50. The average molecular weight is 261 g/mol. The van der Waals surface area contributed by atoms with Gasteiger partial charge >= 0.3 is 0 Å². The molecule has 0 saturated carbocycles. The molecule has 1 aliphatic heterocycles. The molecule has 0 bridgehead atoms. The molecular weight excluding hydrogens is 238 g/mol. The number of nitrogens with one attached hydrogen (secondary N) is 2. The molecule has 0 atom stereocenters. The largest absolute Gasteiger partial charge is 0.383 e. The third-order valence-electron chi connectivity index (χ3n) is 3.50. The van der Waals surface area contributed by atoms with Crippen molar-refractivity contribution in [3.05, 3.63) is 23.8 Å². The summed E-state index contributed by atoms with van der Waals surface area (Å²) in [5, 5.41) is 6.19. The molecule has 2 N–H and O–H groups in total. The van der Waals surface area contributed by atoms with E-state index in [9.17, 15) is 4.79 Å². The molecule has 4 heteroatoms. The average Bonchev–Trinajstić information content (AvgIpc) is 2.46. The molecule has 0 fully saturated rings. The molecule has 0 saturated heterocycles. The van der Waals surface area contributed by atoms with Gasteiger partial charge in [0.15, 0.2) is 0 Å². The molecule has 2 rings (SSSR count). The van der Waals surface area contributed by atoms with Crippen LogP contribution in [0.3, 0.4) is 0 Å². The lowest BCUT2D eigenvalue weighted by Gasteiger charge is -2.29. The van der Waals surface area contributed by atoms with Gasteiger partial charge in [-0.15, -0.1) is 0 Å². The molecule has 4 nitrogen and oxygen atoms in total. The molecule has 0 aromatic heterocycles. The SMILES string of the molecule is CCCN(CC(=O)NC)c1cccc2c1NCCC2.